The van der Waals surface area contributed by atoms with Crippen LogP contribution in [0.15, 0.2) is 60.7 Å². The zero-order valence-corrected chi connectivity index (χ0v) is 19.3. The van der Waals surface area contributed by atoms with Crippen molar-refractivity contribution in [2.75, 3.05) is 6.61 Å². The molecule has 1 saturated carbocycles. The van der Waals surface area contributed by atoms with Crippen molar-refractivity contribution in [3.05, 3.63) is 71.8 Å². The number of rotatable bonds is 8. The standard InChI is InChI=1S/C25H37NOSi/c1-25(2,3)28(4,5)27-20-23-16-24(17-23)26(18-21-12-8-6-9-13-21)19-22-14-10-7-11-15-22/h6-15,23-24H,16-20H2,1-5H3. The van der Waals surface area contributed by atoms with Crippen molar-refractivity contribution < 1.29 is 4.43 Å². The minimum Gasteiger partial charge on any atom is -0.417 e. The van der Waals surface area contributed by atoms with Crippen molar-refractivity contribution >= 4 is 8.32 Å². The van der Waals surface area contributed by atoms with Crippen molar-refractivity contribution in [1.29, 1.82) is 0 Å². The van der Waals surface area contributed by atoms with E-state index in [0.717, 1.165) is 19.7 Å². The Morgan fingerprint density at radius 3 is 1.75 bits per heavy atom. The molecule has 2 nitrogen and oxygen atoms in total. The summed E-state index contributed by atoms with van der Waals surface area (Å²) >= 11 is 0. The number of hydrogen-bond acceptors (Lipinski definition) is 2. The van der Waals surface area contributed by atoms with Gasteiger partial charge in [-0.05, 0) is 48.0 Å². The molecule has 0 spiro atoms. The van der Waals surface area contributed by atoms with Crippen molar-refractivity contribution in [2.45, 2.75) is 70.9 Å². The Balaban J connectivity index is 1.58. The highest BCUT2D eigenvalue weighted by atomic mass is 28.4. The first kappa shape index (κ1) is 21.3. The molecular weight excluding hydrogens is 358 g/mol. The SMILES string of the molecule is CC(C)(C)[Si](C)(C)OCC1CC(N(Cc2ccccc2)Cc2ccccc2)C1. The summed E-state index contributed by atoms with van der Waals surface area (Å²) in [4.78, 5) is 2.66. The summed E-state index contributed by atoms with van der Waals surface area (Å²) in [5.74, 6) is 0.716. The van der Waals surface area contributed by atoms with Crippen molar-refractivity contribution in [3.63, 3.8) is 0 Å². The van der Waals surface area contributed by atoms with Crippen LogP contribution in [0.2, 0.25) is 18.1 Å². The van der Waals surface area contributed by atoms with Crippen LogP contribution in [-0.4, -0.2) is 25.9 Å². The van der Waals surface area contributed by atoms with Gasteiger partial charge in [0, 0.05) is 25.7 Å². The van der Waals surface area contributed by atoms with E-state index in [-0.39, 0.29) is 0 Å². The fourth-order valence-corrected chi connectivity index (χ4v) is 4.71. The summed E-state index contributed by atoms with van der Waals surface area (Å²) in [7, 11) is -1.63. The van der Waals surface area contributed by atoms with E-state index >= 15 is 0 Å². The lowest BCUT2D eigenvalue weighted by atomic mass is 9.79. The lowest BCUT2D eigenvalue weighted by molar-refractivity contribution is 0.0380. The Morgan fingerprint density at radius 2 is 1.32 bits per heavy atom. The summed E-state index contributed by atoms with van der Waals surface area (Å²) in [6, 6.07) is 22.4. The van der Waals surface area contributed by atoms with E-state index in [1.54, 1.807) is 0 Å². The van der Waals surface area contributed by atoms with Gasteiger partial charge >= 0.3 is 0 Å². The predicted molar refractivity (Wildman–Crippen MR) is 122 cm³/mol. The van der Waals surface area contributed by atoms with Crippen LogP contribution in [0, 0.1) is 5.92 Å². The van der Waals surface area contributed by atoms with E-state index in [9.17, 15) is 0 Å². The topological polar surface area (TPSA) is 12.5 Å². The summed E-state index contributed by atoms with van der Waals surface area (Å²) in [5.41, 5.74) is 2.80. The maximum absolute atomic E-state index is 6.48. The van der Waals surface area contributed by atoms with E-state index in [1.807, 2.05) is 0 Å². The fourth-order valence-electron chi connectivity index (χ4n) is 3.63. The van der Waals surface area contributed by atoms with E-state index in [0.29, 0.717) is 17.0 Å². The Labute approximate surface area is 173 Å². The molecule has 0 aliphatic heterocycles. The zero-order valence-electron chi connectivity index (χ0n) is 18.3. The molecule has 1 fully saturated rings. The monoisotopic (exact) mass is 395 g/mol. The molecule has 0 amide bonds. The fraction of sp³-hybridized carbons (Fsp3) is 0.520. The predicted octanol–water partition coefficient (Wildman–Crippen LogP) is 6.49. The molecule has 1 aliphatic rings. The molecule has 0 atom stereocenters. The van der Waals surface area contributed by atoms with Gasteiger partial charge in [-0.25, -0.2) is 0 Å². The van der Waals surface area contributed by atoms with Crippen LogP contribution in [0.25, 0.3) is 0 Å². The minimum atomic E-state index is -1.63. The maximum Gasteiger partial charge on any atom is 0.191 e. The van der Waals surface area contributed by atoms with Crippen LogP contribution >= 0.6 is 0 Å². The number of benzene rings is 2. The molecule has 3 heteroatoms. The van der Waals surface area contributed by atoms with Gasteiger partial charge in [-0.15, -0.1) is 0 Å². The third-order valence-electron chi connectivity index (χ3n) is 6.67. The Morgan fingerprint density at radius 1 is 0.857 bits per heavy atom. The maximum atomic E-state index is 6.48. The van der Waals surface area contributed by atoms with E-state index in [2.05, 4.69) is 99.4 Å². The van der Waals surface area contributed by atoms with Gasteiger partial charge in [0.15, 0.2) is 8.32 Å². The van der Waals surface area contributed by atoms with Gasteiger partial charge in [0.1, 0.15) is 0 Å². The van der Waals surface area contributed by atoms with Crippen molar-refractivity contribution in [3.8, 4) is 0 Å². The van der Waals surface area contributed by atoms with Gasteiger partial charge in [0.2, 0.25) is 0 Å². The summed E-state index contributed by atoms with van der Waals surface area (Å²) in [5, 5.41) is 0.294. The second-order valence-corrected chi connectivity index (χ2v) is 14.7. The molecule has 0 saturated heterocycles. The van der Waals surface area contributed by atoms with Crippen LogP contribution in [0.1, 0.15) is 44.7 Å². The highest BCUT2D eigenvalue weighted by Crippen LogP contribution is 2.39. The smallest absolute Gasteiger partial charge is 0.191 e. The highest BCUT2D eigenvalue weighted by molar-refractivity contribution is 6.74. The van der Waals surface area contributed by atoms with Crippen molar-refractivity contribution in [2.24, 2.45) is 5.92 Å². The first-order valence-electron chi connectivity index (χ1n) is 10.7. The summed E-state index contributed by atoms with van der Waals surface area (Å²) < 4.78 is 6.48. The highest BCUT2D eigenvalue weighted by Gasteiger charge is 2.40. The number of nitrogens with zero attached hydrogens (tertiary/aromatic N) is 1. The first-order valence-corrected chi connectivity index (χ1v) is 13.6. The van der Waals surface area contributed by atoms with Gasteiger partial charge in [0.05, 0.1) is 0 Å². The molecule has 152 valence electrons. The second-order valence-electron chi connectivity index (χ2n) is 9.94. The van der Waals surface area contributed by atoms with Crippen LogP contribution < -0.4 is 0 Å². The van der Waals surface area contributed by atoms with Crippen LogP contribution in [-0.2, 0) is 17.5 Å². The molecule has 0 aromatic heterocycles. The van der Waals surface area contributed by atoms with Crippen LogP contribution in [0.5, 0.6) is 0 Å². The third kappa shape index (κ3) is 5.56. The Bertz CT molecular complexity index is 676. The van der Waals surface area contributed by atoms with Gasteiger partial charge < -0.3 is 4.43 Å². The van der Waals surface area contributed by atoms with Gasteiger partial charge in [-0.1, -0.05) is 81.4 Å². The molecule has 0 bridgehead atoms. The molecule has 1 aliphatic carbocycles. The molecule has 0 unspecified atom stereocenters. The second kappa shape index (κ2) is 8.94. The van der Waals surface area contributed by atoms with Crippen LogP contribution in [0.4, 0.5) is 0 Å². The van der Waals surface area contributed by atoms with Gasteiger partial charge in [-0.2, -0.15) is 0 Å². The molecular formula is C25H37NOSi. The third-order valence-corrected chi connectivity index (χ3v) is 11.2. The van der Waals surface area contributed by atoms with E-state index < -0.39 is 8.32 Å². The molecule has 2 aromatic rings. The van der Waals surface area contributed by atoms with Crippen LogP contribution in [0.3, 0.4) is 0 Å². The van der Waals surface area contributed by atoms with Crippen molar-refractivity contribution in [1.82, 2.24) is 4.90 Å². The van der Waals surface area contributed by atoms with Gasteiger partial charge in [0.25, 0.3) is 0 Å². The average molecular weight is 396 g/mol. The summed E-state index contributed by atoms with van der Waals surface area (Å²) in [6.45, 7) is 14.7. The molecule has 0 heterocycles. The average Bonchev–Trinajstić information content (AvgIpc) is 2.61. The lowest BCUT2D eigenvalue weighted by Gasteiger charge is -2.45. The Hall–Kier alpha value is -1.42. The molecule has 0 radical (unpaired) electrons. The minimum absolute atomic E-state index is 0.294. The Kier molecular flexibility index (Phi) is 6.80. The van der Waals surface area contributed by atoms with E-state index in [4.69, 9.17) is 4.43 Å². The largest absolute Gasteiger partial charge is 0.417 e. The zero-order chi connectivity index (χ0) is 20.2. The molecule has 0 N–H and O–H groups in total. The summed E-state index contributed by atoms with van der Waals surface area (Å²) in [6.07, 6.45) is 2.52. The molecule has 2 aromatic carbocycles. The molecule has 3 rings (SSSR count). The van der Waals surface area contributed by atoms with E-state index in [1.165, 1.54) is 24.0 Å². The quantitative estimate of drug-likeness (QED) is 0.474. The lowest BCUT2D eigenvalue weighted by Crippen LogP contribution is -2.48. The normalized spacial score (nSPS) is 20.2. The number of hydrogen-bond donors (Lipinski definition) is 0. The van der Waals surface area contributed by atoms with Gasteiger partial charge in [-0.3, -0.25) is 4.90 Å². The molecule has 28 heavy (non-hydrogen) atoms. The first-order chi connectivity index (χ1) is 13.2.